The molecule has 0 radical (unpaired) electrons. The van der Waals surface area contributed by atoms with E-state index < -0.39 is 0 Å². The monoisotopic (exact) mass is 356 g/mol. The summed E-state index contributed by atoms with van der Waals surface area (Å²) in [6.07, 6.45) is 5.09. The summed E-state index contributed by atoms with van der Waals surface area (Å²) in [6.45, 7) is 2.36. The van der Waals surface area contributed by atoms with E-state index in [4.69, 9.17) is 16.4 Å². The molecule has 0 spiro atoms. The van der Waals surface area contributed by atoms with Crippen LogP contribution in [0.4, 0.5) is 0 Å². The molecule has 2 rings (SSSR count). The molecule has 1 aromatic heterocycles. The van der Waals surface area contributed by atoms with E-state index in [1.165, 1.54) is 6.33 Å². The van der Waals surface area contributed by atoms with Crippen molar-refractivity contribution in [3.8, 4) is 0 Å². The molecule has 0 bridgehead atoms. The number of carbonyl (C=O) groups excluding carboxylic acids is 1. The highest BCUT2D eigenvalue weighted by molar-refractivity contribution is 6.30. The molecule has 0 amide bonds. The predicted molar refractivity (Wildman–Crippen MR) is 90.9 cm³/mol. The first-order valence-electron chi connectivity index (χ1n) is 7.04. The summed E-state index contributed by atoms with van der Waals surface area (Å²) in [6, 6.07) is 7.15. The Morgan fingerprint density at radius 3 is 2.70 bits per heavy atom. The second-order valence-electron chi connectivity index (χ2n) is 4.70. The molecule has 23 heavy (non-hydrogen) atoms. The number of rotatable bonds is 7. The lowest BCUT2D eigenvalue weighted by atomic mass is 10.1. The largest absolute Gasteiger partial charge is 0.335 e. The smallest absolute Gasteiger partial charge is 0.318 e. The average Bonchev–Trinajstić information content (AvgIpc) is 3.03. The van der Waals surface area contributed by atoms with Gasteiger partial charge >= 0.3 is 5.97 Å². The average molecular weight is 357 g/mol. The van der Waals surface area contributed by atoms with Crippen LogP contribution in [0.15, 0.2) is 42.1 Å². The van der Waals surface area contributed by atoms with Gasteiger partial charge in [0.15, 0.2) is 0 Å². The van der Waals surface area contributed by atoms with Gasteiger partial charge in [-0.3, -0.25) is 0 Å². The van der Waals surface area contributed by atoms with Gasteiger partial charge in [0.05, 0.1) is 6.54 Å². The van der Waals surface area contributed by atoms with E-state index in [1.807, 2.05) is 19.1 Å². The van der Waals surface area contributed by atoms with E-state index in [9.17, 15) is 4.79 Å². The second kappa shape index (κ2) is 9.97. The molecule has 0 aliphatic rings. The van der Waals surface area contributed by atoms with Crippen LogP contribution in [0.2, 0.25) is 5.02 Å². The fourth-order valence-electron chi connectivity index (χ4n) is 1.76. The summed E-state index contributed by atoms with van der Waals surface area (Å²) in [5.41, 5.74) is 1.38. The Labute approximate surface area is 145 Å². The van der Waals surface area contributed by atoms with Gasteiger partial charge in [0.1, 0.15) is 18.4 Å². The van der Waals surface area contributed by atoms with Crippen molar-refractivity contribution in [2.75, 3.05) is 0 Å². The summed E-state index contributed by atoms with van der Waals surface area (Å²) in [5, 5.41) is 8.65. The van der Waals surface area contributed by atoms with Gasteiger partial charge in [-0.1, -0.05) is 42.2 Å². The lowest BCUT2D eigenvalue weighted by Crippen LogP contribution is -2.14. The molecule has 2 aromatic rings. The van der Waals surface area contributed by atoms with Crippen LogP contribution in [0, 0.1) is 0 Å². The normalized spacial score (nSPS) is 11.0. The topological polar surface area (TPSA) is 69.4 Å². The number of benzene rings is 1. The molecule has 0 fully saturated rings. The maximum atomic E-state index is 11.6. The zero-order valence-electron chi connectivity index (χ0n) is 12.7. The maximum Gasteiger partial charge on any atom is 0.335 e. The van der Waals surface area contributed by atoms with Gasteiger partial charge in [0.2, 0.25) is 0 Å². The Balaban J connectivity index is 0.00000264. The third-order valence-electron chi connectivity index (χ3n) is 2.95. The van der Waals surface area contributed by atoms with Crippen molar-refractivity contribution in [2.45, 2.75) is 32.7 Å². The van der Waals surface area contributed by atoms with Gasteiger partial charge in [-0.15, -0.1) is 12.4 Å². The van der Waals surface area contributed by atoms with Gasteiger partial charge in [-0.25, -0.2) is 14.5 Å². The van der Waals surface area contributed by atoms with Crippen LogP contribution in [-0.2, 0) is 16.2 Å². The minimum Gasteiger partial charge on any atom is -0.318 e. The first kappa shape index (κ1) is 19.1. The van der Waals surface area contributed by atoms with Gasteiger partial charge in [-0.2, -0.15) is 5.10 Å². The molecular formula is C15H18Cl2N4O2. The van der Waals surface area contributed by atoms with Crippen molar-refractivity contribution >= 4 is 35.7 Å². The molecule has 1 aromatic carbocycles. The molecule has 0 saturated heterocycles. The minimum absolute atomic E-state index is 0. The molecule has 1 heterocycles. The summed E-state index contributed by atoms with van der Waals surface area (Å²) in [7, 11) is 0. The molecule has 6 nitrogen and oxygen atoms in total. The molecule has 124 valence electrons. The SMILES string of the molecule is CCCCC(=O)ON=C(Cn1cncn1)c1ccc(Cl)cc1.Cl. The molecule has 0 aliphatic heterocycles. The second-order valence-corrected chi connectivity index (χ2v) is 5.14. The molecule has 0 aliphatic carbocycles. The van der Waals surface area contributed by atoms with E-state index in [-0.39, 0.29) is 18.4 Å². The van der Waals surface area contributed by atoms with E-state index in [0.29, 0.717) is 23.7 Å². The molecule has 0 atom stereocenters. The minimum atomic E-state index is -0.341. The number of oxime groups is 1. The van der Waals surface area contributed by atoms with Gasteiger partial charge in [-0.05, 0) is 18.6 Å². The van der Waals surface area contributed by atoms with Crippen LogP contribution >= 0.6 is 24.0 Å². The van der Waals surface area contributed by atoms with E-state index in [0.717, 1.165) is 18.4 Å². The van der Waals surface area contributed by atoms with Crippen LogP contribution in [0.1, 0.15) is 31.7 Å². The molecule has 0 saturated carbocycles. The van der Waals surface area contributed by atoms with Crippen molar-refractivity contribution in [1.29, 1.82) is 0 Å². The van der Waals surface area contributed by atoms with Crippen molar-refractivity contribution in [1.82, 2.24) is 14.8 Å². The van der Waals surface area contributed by atoms with Crippen molar-refractivity contribution in [3.63, 3.8) is 0 Å². The Morgan fingerprint density at radius 2 is 2.09 bits per heavy atom. The van der Waals surface area contributed by atoms with Crippen molar-refractivity contribution in [2.24, 2.45) is 5.16 Å². The molecule has 0 N–H and O–H groups in total. The van der Waals surface area contributed by atoms with Crippen LogP contribution in [-0.4, -0.2) is 26.4 Å². The zero-order chi connectivity index (χ0) is 15.8. The summed E-state index contributed by atoms with van der Waals surface area (Å²) < 4.78 is 1.60. The van der Waals surface area contributed by atoms with Gasteiger partial charge < -0.3 is 4.84 Å². The number of hydrogen-bond donors (Lipinski definition) is 0. The van der Waals surface area contributed by atoms with Crippen molar-refractivity contribution < 1.29 is 9.63 Å². The first-order valence-corrected chi connectivity index (χ1v) is 7.42. The standard InChI is InChI=1S/C15H17ClN4O2.ClH/c1-2-3-4-15(21)22-19-14(9-20-11-17-10-18-20)12-5-7-13(16)8-6-12;/h5-8,10-11H,2-4,9H2,1H3;1H. The quantitative estimate of drug-likeness (QED) is 0.432. The predicted octanol–water partition coefficient (Wildman–Crippen LogP) is 3.49. The number of nitrogens with zero attached hydrogens (tertiary/aromatic N) is 4. The van der Waals surface area contributed by atoms with Crippen LogP contribution < -0.4 is 0 Å². The highest BCUT2D eigenvalue weighted by atomic mass is 35.5. The first-order chi connectivity index (χ1) is 10.7. The molecule has 0 unspecified atom stereocenters. The van der Waals surface area contributed by atoms with Crippen LogP contribution in [0.25, 0.3) is 0 Å². The number of aromatic nitrogens is 3. The van der Waals surface area contributed by atoms with Gasteiger partial charge in [0, 0.05) is 17.0 Å². The van der Waals surface area contributed by atoms with Crippen LogP contribution in [0.5, 0.6) is 0 Å². The molecule has 8 heteroatoms. The van der Waals surface area contributed by atoms with E-state index >= 15 is 0 Å². The lowest BCUT2D eigenvalue weighted by molar-refractivity contribution is -0.143. The zero-order valence-corrected chi connectivity index (χ0v) is 14.3. The third-order valence-corrected chi connectivity index (χ3v) is 3.20. The Morgan fingerprint density at radius 1 is 1.35 bits per heavy atom. The number of hydrogen-bond acceptors (Lipinski definition) is 5. The van der Waals surface area contributed by atoms with Crippen LogP contribution in [0.3, 0.4) is 0 Å². The molecular weight excluding hydrogens is 339 g/mol. The number of carbonyl (C=O) groups is 1. The fourth-order valence-corrected chi connectivity index (χ4v) is 1.88. The number of unbranched alkanes of at least 4 members (excludes halogenated alkanes) is 1. The van der Waals surface area contributed by atoms with Crippen molar-refractivity contribution in [3.05, 3.63) is 47.5 Å². The summed E-state index contributed by atoms with van der Waals surface area (Å²) in [5.74, 6) is -0.341. The lowest BCUT2D eigenvalue weighted by Gasteiger charge is -2.06. The third kappa shape index (κ3) is 6.38. The highest BCUT2D eigenvalue weighted by Crippen LogP contribution is 2.12. The fraction of sp³-hybridized carbons (Fsp3) is 0.333. The Kier molecular flexibility index (Phi) is 8.29. The highest BCUT2D eigenvalue weighted by Gasteiger charge is 2.09. The number of halogens is 2. The maximum absolute atomic E-state index is 11.6. The van der Waals surface area contributed by atoms with Gasteiger partial charge in [0.25, 0.3) is 0 Å². The van der Waals surface area contributed by atoms with E-state index in [2.05, 4.69) is 15.2 Å². The van der Waals surface area contributed by atoms with E-state index in [1.54, 1.807) is 23.1 Å². The summed E-state index contributed by atoms with van der Waals surface area (Å²) in [4.78, 5) is 20.5. The summed E-state index contributed by atoms with van der Waals surface area (Å²) >= 11 is 5.89. The Bertz CT molecular complexity index is 627. The Hall–Kier alpha value is -1.92.